The SMILES string of the molecule is COn1c(=O)c(-c2c(Cl)cccc2Cl)cc2cnc(Nc3cccc(NS(C)(=O)=O)c3)nc21. The average molecular weight is 506 g/mol. The molecule has 170 valence electrons. The van der Waals surface area contributed by atoms with Crippen molar-refractivity contribution in [1.82, 2.24) is 14.7 Å². The average Bonchev–Trinajstić information content (AvgIpc) is 2.73. The molecule has 12 heteroatoms. The number of nitrogens with zero attached hydrogens (tertiary/aromatic N) is 3. The molecule has 0 unspecified atom stereocenters. The van der Waals surface area contributed by atoms with Crippen molar-refractivity contribution in [3.8, 4) is 11.1 Å². The van der Waals surface area contributed by atoms with Crippen LogP contribution in [0.1, 0.15) is 0 Å². The highest BCUT2D eigenvalue weighted by molar-refractivity contribution is 7.92. The summed E-state index contributed by atoms with van der Waals surface area (Å²) in [6.45, 7) is 0. The molecule has 9 nitrogen and oxygen atoms in total. The second kappa shape index (κ2) is 8.89. The minimum absolute atomic E-state index is 0.174. The fraction of sp³-hybridized carbons (Fsp3) is 0.0952. The smallest absolute Gasteiger partial charge is 0.293 e. The second-order valence-corrected chi connectivity index (χ2v) is 9.55. The Labute approximate surface area is 199 Å². The minimum atomic E-state index is -3.43. The number of nitrogens with one attached hydrogen (secondary N) is 2. The molecule has 33 heavy (non-hydrogen) atoms. The van der Waals surface area contributed by atoms with Crippen LogP contribution >= 0.6 is 23.2 Å². The maximum absolute atomic E-state index is 13.1. The number of fused-ring (bicyclic) bond motifs is 1. The number of hydrogen-bond donors (Lipinski definition) is 2. The van der Waals surface area contributed by atoms with Crippen molar-refractivity contribution in [3.63, 3.8) is 0 Å². The maximum Gasteiger partial charge on any atom is 0.293 e. The Bertz CT molecular complexity index is 1520. The van der Waals surface area contributed by atoms with Gasteiger partial charge in [0.2, 0.25) is 16.0 Å². The van der Waals surface area contributed by atoms with Gasteiger partial charge in [-0.3, -0.25) is 9.52 Å². The summed E-state index contributed by atoms with van der Waals surface area (Å²) in [5.74, 6) is 0.174. The Morgan fingerprint density at radius 1 is 1.03 bits per heavy atom. The van der Waals surface area contributed by atoms with Gasteiger partial charge in [0.15, 0.2) is 5.65 Å². The van der Waals surface area contributed by atoms with Gasteiger partial charge in [0.25, 0.3) is 5.56 Å². The Hall–Kier alpha value is -3.34. The zero-order valence-corrected chi connectivity index (χ0v) is 19.7. The summed E-state index contributed by atoms with van der Waals surface area (Å²) in [6.07, 6.45) is 2.58. The topological polar surface area (TPSA) is 115 Å². The molecule has 4 rings (SSSR count). The molecule has 0 atom stereocenters. The zero-order valence-electron chi connectivity index (χ0n) is 17.3. The van der Waals surface area contributed by atoms with Crippen LogP contribution in [0.15, 0.2) is 59.5 Å². The van der Waals surface area contributed by atoms with Crippen molar-refractivity contribution in [2.45, 2.75) is 0 Å². The normalized spacial score (nSPS) is 11.4. The standard InChI is InChI=1S/C21H17Cl2N5O4S/c1-32-28-19-12(9-15(20(28)29)18-16(22)7-4-8-17(18)23)11-24-21(26-19)25-13-5-3-6-14(10-13)27-33(2,30)31/h3-11,27H,1-2H3,(H,24,25,26). The summed E-state index contributed by atoms with van der Waals surface area (Å²) >= 11 is 12.6. The molecule has 2 aromatic carbocycles. The lowest BCUT2D eigenvalue weighted by atomic mass is 10.1. The summed E-state index contributed by atoms with van der Waals surface area (Å²) < 4.78 is 26.4. The van der Waals surface area contributed by atoms with Gasteiger partial charge < -0.3 is 10.2 Å². The zero-order chi connectivity index (χ0) is 23.8. The van der Waals surface area contributed by atoms with Gasteiger partial charge in [-0.25, -0.2) is 13.4 Å². The van der Waals surface area contributed by atoms with Crippen LogP contribution in [-0.2, 0) is 10.0 Å². The van der Waals surface area contributed by atoms with Gasteiger partial charge in [0, 0.05) is 22.8 Å². The lowest BCUT2D eigenvalue weighted by Gasteiger charge is -2.13. The van der Waals surface area contributed by atoms with E-state index in [1.165, 1.54) is 13.3 Å². The molecule has 0 bridgehead atoms. The summed E-state index contributed by atoms with van der Waals surface area (Å²) in [5.41, 5.74) is 1.26. The molecule has 0 fully saturated rings. The van der Waals surface area contributed by atoms with E-state index in [0.29, 0.717) is 32.4 Å². The van der Waals surface area contributed by atoms with Gasteiger partial charge in [0.05, 0.1) is 27.6 Å². The molecule has 0 saturated heterocycles. The molecule has 2 heterocycles. The lowest BCUT2D eigenvalue weighted by molar-refractivity contribution is 0.168. The molecule has 2 aromatic heterocycles. The van der Waals surface area contributed by atoms with Gasteiger partial charge >= 0.3 is 0 Å². The molecule has 0 saturated carbocycles. The Kier molecular flexibility index (Phi) is 6.15. The second-order valence-electron chi connectivity index (χ2n) is 6.99. The highest BCUT2D eigenvalue weighted by atomic mass is 35.5. The molecule has 0 spiro atoms. The van der Waals surface area contributed by atoms with Crippen molar-refractivity contribution < 1.29 is 13.3 Å². The van der Waals surface area contributed by atoms with E-state index in [0.717, 1.165) is 11.0 Å². The number of aromatic nitrogens is 3. The van der Waals surface area contributed by atoms with Crippen LogP contribution in [-0.4, -0.2) is 36.5 Å². The summed E-state index contributed by atoms with van der Waals surface area (Å²) in [4.78, 5) is 27.1. The van der Waals surface area contributed by atoms with E-state index in [1.807, 2.05) is 0 Å². The van der Waals surface area contributed by atoms with Crippen LogP contribution in [0.3, 0.4) is 0 Å². The van der Waals surface area contributed by atoms with E-state index in [4.69, 9.17) is 28.0 Å². The highest BCUT2D eigenvalue weighted by Gasteiger charge is 2.18. The fourth-order valence-corrected chi connectivity index (χ4v) is 4.39. The van der Waals surface area contributed by atoms with Gasteiger partial charge in [0.1, 0.15) is 7.11 Å². The van der Waals surface area contributed by atoms with E-state index in [1.54, 1.807) is 48.5 Å². The Morgan fingerprint density at radius 2 is 1.70 bits per heavy atom. The molecule has 4 aromatic rings. The van der Waals surface area contributed by atoms with E-state index in [2.05, 4.69) is 20.0 Å². The van der Waals surface area contributed by atoms with E-state index < -0.39 is 15.6 Å². The number of hydrogen-bond acceptors (Lipinski definition) is 7. The predicted octanol–water partition coefficient (Wildman–Crippen LogP) is 3.94. The van der Waals surface area contributed by atoms with Gasteiger partial charge in [-0.2, -0.15) is 4.98 Å². The minimum Gasteiger partial charge on any atom is -0.412 e. The first-order valence-corrected chi connectivity index (χ1v) is 12.1. The monoisotopic (exact) mass is 505 g/mol. The molecule has 0 aliphatic heterocycles. The van der Waals surface area contributed by atoms with Crippen LogP contribution < -0.4 is 20.4 Å². The number of benzene rings is 2. The molecule has 0 amide bonds. The first-order valence-electron chi connectivity index (χ1n) is 9.43. The van der Waals surface area contributed by atoms with Crippen LogP contribution in [0.4, 0.5) is 17.3 Å². The maximum atomic E-state index is 13.1. The third-order valence-electron chi connectivity index (χ3n) is 4.54. The molecule has 0 aliphatic rings. The first kappa shape index (κ1) is 22.8. The van der Waals surface area contributed by atoms with E-state index in [9.17, 15) is 13.2 Å². The fourth-order valence-electron chi connectivity index (χ4n) is 3.24. The molecular formula is C21H17Cl2N5O4S. The molecule has 0 aliphatic carbocycles. The highest BCUT2D eigenvalue weighted by Crippen LogP contribution is 2.33. The quantitative estimate of drug-likeness (QED) is 0.407. The van der Waals surface area contributed by atoms with Gasteiger partial charge in [-0.15, -0.1) is 4.73 Å². The summed E-state index contributed by atoms with van der Waals surface area (Å²) in [6, 6.07) is 13.1. The third-order valence-corrected chi connectivity index (χ3v) is 5.78. The summed E-state index contributed by atoms with van der Waals surface area (Å²) in [7, 11) is -2.08. The van der Waals surface area contributed by atoms with E-state index >= 15 is 0 Å². The summed E-state index contributed by atoms with van der Waals surface area (Å²) in [5, 5.41) is 4.15. The predicted molar refractivity (Wildman–Crippen MR) is 130 cm³/mol. The van der Waals surface area contributed by atoms with Crippen LogP contribution in [0, 0.1) is 0 Å². The molecule has 2 N–H and O–H groups in total. The first-order chi connectivity index (χ1) is 15.7. The third kappa shape index (κ3) is 4.87. The Morgan fingerprint density at radius 3 is 2.36 bits per heavy atom. The van der Waals surface area contributed by atoms with Crippen molar-refractivity contribution >= 4 is 61.6 Å². The number of anilines is 3. The van der Waals surface area contributed by atoms with Crippen LogP contribution in [0.5, 0.6) is 0 Å². The van der Waals surface area contributed by atoms with Gasteiger partial charge in [-0.05, 0) is 36.4 Å². The van der Waals surface area contributed by atoms with Crippen molar-refractivity contribution in [2.75, 3.05) is 23.4 Å². The van der Waals surface area contributed by atoms with Crippen molar-refractivity contribution in [3.05, 3.63) is 75.1 Å². The number of rotatable bonds is 6. The largest absolute Gasteiger partial charge is 0.412 e. The number of pyridine rings is 1. The van der Waals surface area contributed by atoms with Crippen molar-refractivity contribution in [1.29, 1.82) is 0 Å². The number of sulfonamides is 1. The Balaban J connectivity index is 1.78. The van der Waals surface area contributed by atoms with Crippen molar-refractivity contribution in [2.24, 2.45) is 0 Å². The van der Waals surface area contributed by atoms with Crippen LogP contribution in [0.2, 0.25) is 10.0 Å². The molecular weight excluding hydrogens is 489 g/mol. The van der Waals surface area contributed by atoms with E-state index in [-0.39, 0.29) is 17.2 Å². The van der Waals surface area contributed by atoms with Crippen LogP contribution in [0.25, 0.3) is 22.2 Å². The van der Waals surface area contributed by atoms with Gasteiger partial charge in [-0.1, -0.05) is 35.3 Å². The lowest BCUT2D eigenvalue weighted by Crippen LogP contribution is -2.27. The number of halogens is 2. The molecule has 0 radical (unpaired) electrons.